The highest BCUT2D eigenvalue weighted by molar-refractivity contribution is 9.10. The minimum Gasteiger partial charge on any atom is -0.354 e. The predicted molar refractivity (Wildman–Crippen MR) is 118 cm³/mol. The van der Waals surface area contributed by atoms with Crippen molar-refractivity contribution in [2.24, 2.45) is 4.99 Å². The Morgan fingerprint density at radius 3 is 2.56 bits per heavy atom. The van der Waals surface area contributed by atoms with E-state index >= 15 is 0 Å². The van der Waals surface area contributed by atoms with Gasteiger partial charge in [-0.25, -0.2) is 4.99 Å². The van der Waals surface area contributed by atoms with Crippen molar-refractivity contribution in [1.82, 2.24) is 9.80 Å². The summed E-state index contributed by atoms with van der Waals surface area (Å²) in [4.78, 5) is 10.0. The maximum Gasteiger partial charge on any atom is 0.136 e. The second-order valence-electron chi connectivity index (χ2n) is 6.97. The standard InChI is InChI=1S/C23H24BrN3/c1-2-12-26-13-15-27(16-14-26)23-21(18-6-4-3-5-7-18)10-8-19-17-20(24)9-11-22(19)25-23/h2-7,9-11,17H,1,8,12-16H2. The van der Waals surface area contributed by atoms with Crippen molar-refractivity contribution in [3.63, 3.8) is 0 Å². The van der Waals surface area contributed by atoms with Crippen LogP contribution in [0.25, 0.3) is 5.57 Å². The maximum atomic E-state index is 5.15. The molecule has 138 valence electrons. The Labute approximate surface area is 169 Å². The molecule has 0 unspecified atom stereocenters. The van der Waals surface area contributed by atoms with Crippen molar-refractivity contribution < 1.29 is 0 Å². The summed E-state index contributed by atoms with van der Waals surface area (Å²) in [5, 5.41) is 0. The zero-order valence-electron chi connectivity index (χ0n) is 15.4. The van der Waals surface area contributed by atoms with Gasteiger partial charge in [0, 0.05) is 42.8 Å². The van der Waals surface area contributed by atoms with E-state index < -0.39 is 0 Å². The largest absolute Gasteiger partial charge is 0.354 e. The molecule has 2 aliphatic heterocycles. The van der Waals surface area contributed by atoms with Crippen LogP contribution < -0.4 is 0 Å². The van der Waals surface area contributed by atoms with Crippen LogP contribution in [-0.2, 0) is 6.42 Å². The topological polar surface area (TPSA) is 18.8 Å². The van der Waals surface area contributed by atoms with Crippen molar-refractivity contribution in [2.75, 3.05) is 32.7 Å². The van der Waals surface area contributed by atoms with Gasteiger partial charge in [0.2, 0.25) is 0 Å². The number of rotatable bonds is 3. The lowest BCUT2D eigenvalue weighted by Crippen LogP contribution is -2.48. The highest BCUT2D eigenvalue weighted by Gasteiger charge is 2.24. The number of benzene rings is 2. The molecule has 0 saturated carbocycles. The van der Waals surface area contributed by atoms with Crippen LogP contribution in [-0.4, -0.2) is 48.4 Å². The van der Waals surface area contributed by atoms with Gasteiger partial charge < -0.3 is 4.90 Å². The van der Waals surface area contributed by atoms with Crippen LogP contribution >= 0.6 is 15.9 Å². The van der Waals surface area contributed by atoms with E-state index in [0.717, 1.165) is 55.1 Å². The molecule has 4 heteroatoms. The van der Waals surface area contributed by atoms with Crippen LogP contribution in [0.15, 0.2) is 76.7 Å². The Bertz CT molecular complexity index is 878. The van der Waals surface area contributed by atoms with Crippen LogP contribution in [0.2, 0.25) is 0 Å². The Balaban J connectivity index is 1.71. The molecule has 0 atom stereocenters. The number of amidine groups is 1. The molecule has 1 fully saturated rings. The van der Waals surface area contributed by atoms with Gasteiger partial charge in [-0.05, 0) is 35.7 Å². The summed E-state index contributed by atoms with van der Waals surface area (Å²) in [6, 6.07) is 17.0. The first-order chi connectivity index (χ1) is 13.2. The van der Waals surface area contributed by atoms with Crippen molar-refractivity contribution in [1.29, 1.82) is 0 Å². The van der Waals surface area contributed by atoms with Crippen LogP contribution in [0.4, 0.5) is 5.69 Å². The summed E-state index contributed by atoms with van der Waals surface area (Å²) < 4.78 is 1.10. The van der Waals surface area contributed by atoms with E-state index in [1.165, 1.54) is 16.7 Å². The number of nitrogens with zero attached hydrogens (tertiary/aromatic N) is 3. The average molecular weight is 422 g/mol. The van der Waals surface area contributed by atoms with Gasteiger partial charge in [-0.15, -0.1) is 6.58 Å². The van der Waals surface area contributed by atoms with Crippen LogP contribution in [0.3, 0.4) is 0 Å². The van der Waals surface area contributed by atoms with Crippen molar-refractivity contribution in [3.05, 3.63) is 82.9 Å². The van der Waals surface area contributed by atoms with Gasteiger partial charge in [-0.1, -0.05) is 58.4 Å². The van der Waals surface area contributed by atoms with Crippen LogP contribution in [0.1, 0.15) is 11.1 Å². The number of aliphatic imine (C=N–C) groups is 1. The quantitative estimate of drug-likeness (QED) is 0.654. The summed E-state index contributed by atoms with van der Waals surface area (Å²) in [6.07, 6.45) is 5.22. The number of hydrogen-bond acceptors (Lipinski definition) is 3. The molecule has 0 N–H and O–H groups in total. The highest BCUT2D eigenvalue weighted by atomic mass is 79.9. The Morgan fingerprint density at radius 2 is 1.81 bits per heavy atom. The fraction of sp³-hybridized carbons (Fsp3) is 0.261. The lowest BCUT2D eigenvalue weighted by atomic mass is 10.0. The molecule has 3 nitrogen and oxygen atoms in total. The fourth-order valence-electron chi connectivity index (χ4n) is 3.73. The van der Waals surface area contributed by atoms with E-state index in [1.807, 2.05) is 6.08 Å². The third-order valence-corrected chi connectivity index (χ3v) is 5.67. The molecule has 0 bridgehead atoms. The fourth-order valence-corrected chi connectivity index (χ4v) is 4.14. The summed E-state index contributed by atoms with van der Waals surface area (Å²) >= 11 is 3.60. The molecule has 2 heterocycles. The molecule has 4 rings (SSSR count). The zero-order chi connectivity index (χ0) is 18.6. The second kappa shape index (κ2) is 8.24. The van der Waals surface area contributed by atoms with E-state index in [2.05, 4.69) is 86.9 Å². The van der Waals surface area contributed by atoms with E-state index in [0.29, 0.717) is 0 Å². The van der Waals surface area contributed by atoms with Crippen molar-refractivity contribution >= 4 is 33.0 Å². The summed E-state index contributed by atoms with van der Waals surface area (Å²) in [5.74, 6) is 1.10. The van der Waals surface area contributed by atoms with Crippen molar-refractivity contribution in [3.8, 4) is 0 Å². The van der Waals surface area contributed by atoms with E-state index in [4.69, 9.17) is 4.99 Å². The van der Waals surface area contributed by atoms with E-state index in [-0.39, 0.29) is 0 Å². The molecule has 1 saturated heterocycles. The minimum absolute atomic E-state index is 0.891. The monoisotopic (exact) mass is 421 g/mol. The van der Waals surface area contributed by atoms with Gasteiger partial charge in [0.1, 0.15) is 5.84 Å². The average Bonchev–Trinajstić information content (AvgIpc) is 2.89. The number of piperazine rings is 1. The first-order valence-corrected chi connectivity index (χ1v) is 10.2. The summed E-state index contributed by atoms with van der Waals surface area (Å²) in [6.45, 7) is 8.89. The summed E-state index contributed by atoms with van der Waals surface area (Å²) in [5.41, 5.74) is 4.80. The molecule has 0 spiro atoms. The zero-order valence-corrected chi connectivity index (χ0v) is 17.0. The third kappa shape index (κ3) is 4.07. The molecule has 2 aliphatic rings. The molecule has 0 aliphatic carbocycles. The molecule has 0 aromatic heterocycles. The van der Waals surface area contributed by atoms with Gasteiger partial charge in [-0.2, -0.15) is 0 Å². The van der Waals surface area contributed by atoms with E-state index in [9.17, 15) is 0 Å². The highest BCUT2D eigenvalue weighted by Crippen LogP contribution is 2.31. The molecule has 0 amide bonds. The van der Waals surface area contributed by atoms with Gasteiger partial charge in [0.15, 0.2) is 0 Å². The number of hydrogen-bond donors (Lipinski definition) is 0. The Kier molecular flexibility index (Phi) is 5.55. The van der Waals surface area contributed by atoms with Gasteiger partial charge in [-0.3, -0.25) is 4.90 Å². The van der Waals surface area contributed by atoms with Crippen molar-refractivity contribution in [2.45, 2.75) is 6.42 Å². The molecular weight excluding hydrogens is 398 g/mol. The first kappa shape index (κ1) is 18.2. The normalized spacial score (nSPS) is 17.6. The lowest BCUT2D eigenvalue weighted by molar-refractivity contribution is 0.199. The lowest BCUT2D eigenvalue weighted by Gasteiger charge is -2.36. The number of allylic oxidation sites excluding steroid dienone is 1. The summed E-state index contributed by atoms with van der Waals surface area (Å²) in [7, 11) is 0. The Morgan fingerprint density at radius 1 is 1.04 bits per heavy atom. The van der Waals surface area contributed by atoms with E-state index in [1.54, 1.807) is 0 Å². The van der Waals surface area contributed by atoms with Crippen LogP contribution in [0, 0.1) is 0 Å². The van der Waals surface area contributed by atoms with Gasteiger partial charge >= 0.3 is 0 Å². The predicted octanol–water partition coefficient (Wildman–Crippen LogP) is 4.92. The Hall–Kier alpha value is -2.17. The minimum atomic E-state index is 0.891. The molecule has 0 radical (unpaired) electrons. The maximum absolute atomic E-state index is 5.15. The van der Waals surface area contributed by atoms with Gasteiger partial charge in [0.25, 0.3) is 0 Å². The number of halogens is 1. The second-order valence-corrected chi connectivity index (χ2v) is 7.89. The molecular formula is C23H24BrN3. The molecule has 27 heavy (non-hydrogen) atoms. The molecule has 2 aromatic carbocycles. The third-order valence-electron chi connectivity index (χ3n) is 5.18. The van der Waals surface area contributed by atoms with Gasteiger partial charge in [0.05, 0.1) is 5.69 Å². The number of fused-ring (bicyclic) bond motifs is 1. The molecule has 2 aromatic rings. The SMILES string of the molecule is C=CCN1CCN(C2=Nc3ccc(Br)cc3CC=C2c2ccccc2)CC1. The van der Waals surface area contributed by atoms with Crippen LogP contribution in [0.5, 0.6) is 0 Å². The first-order valence-electron chi connectivity index (χ1n) is 9.46. The smallest absolute Gasteiger partial charge is 0.136 e.